The van der Waals surface area contributed by atoms with Crippen LogP contribution < -0.4 is 30.2 Å². The van der Waals surface area contributed by atoms with Gasteiger partial charge in [-0.05, 0) is 99.3 Å². The fourth-order valence-corrected chi connectivity index (χ4v) is 21.3. The third-order valence-electron chi connectivity index (χ3n) is 25.3. The number of anilines is 3. The van der Waals surface area contributed by atoms with Crippen molar-refractivity contribution in [2.75, 3.05) is 90.4 Å². The molecule has 132 heavy (non-hydrogen) atoms. The first-order valence-electron chi connectivity index (χ1n) is 43.8. The zero-order valence-electron chi connectivity index (χ0n) is 74.8. The number of rotatable bonds is 36. The second kappa shape index (κ2) is 38.2. The van der Waals surface area contributed by atoms with E-state index in [1.807, 2.05) is 200 Å². The first-order valence-corrected chi connectivity index (χ1v) is 50.3. The second-order valence-electron chi connectivity index (χ2n) is 33.7. The Hall–Kier alpha value is -12.2. The molecule has 18 rings (SSSR count). The molecule has 3 aliphatic heterocycles. The van der Waals surface area contributed by atoms with Crippen LogP contribution in [0, 0.1) is 17.8 Å². The largest absolute Gasteiger partial charge is 0.497 e. The van der Waals surface area contributed by atoms with Crippen molar-refractivity contribution in [3.05, 3.63) is 343 Å². The summed E-state index contributed by atoms with van der Waals surface area (Å²) in [6, 6.07) is 84.3. The SMILES string of the molecule is CCOC1C(OP(C)(=O)OC[C@H]2O[C@@H](n3cnc4c(NC(c5ccccc5)(c5ccccc5)c5ccc(OC)cc5)ncnc43)C(C)C2C)[C@H](n2cnc3c(NC(c4ccccc4)(c4ccccc4)c4ccc(OC)cc4)ncnc32)O[C@@H]1COP(C)(=O)OC1C(C)[C@@H](COP(C)(C)=O)O[C@H]1n1cnc2c(NC(c3ccccc3)(c3ccccc3)c3ccc(OC)cc3)ncnc21. The first kappa shape index (κ1) is 90.3. The van der Waals surface area contributed by atoms with Gasteiger partial charge in [0.25, 0.3) is 0 Å². The van der Waals surface area contributed by atoms with Crippen LogP contribution in [0.2, 0.25) is 0 Å². The monoisotopic (exact) mass is 1840 g/mol. The Kier molecular flexibility index (Phi) is 26.1. The standard InChI is InChI=1S/C99H104N15O15P3/c1-12-121-86-81(57-124-131(10,116)128-85-66(4)80(55-122-130(8,9)115)126-95(85)113-62-107-83-89(101-59-104-92(83)113)110-98(69-35-23-15-24-36-69,70-37-25-16-26-38-70)74-45-51-77(119-6)52-46-74)127-96(114-63-108-84-90(102-60-105-93(84)114)111-99(71-39-27-17-28-40-71,72-41-29-18-30-42-72)75-47-53-78(120-7)54-48-75)87(86)129-132(11,117)123-56-79-64(2)65(3)94(125-79)112-61-106-82-88(100-58-103-91(82)112)109-97(67-31-19-13-20-32-67,68-33-21-14-22-34-68)73-43-49-76(118-5)50-44-73/h13-54,58-66,79-81,85-87,94-96H,12,55-57H2,1-11H3,(H,100,103,109)(H,101,104,110)(H,102,105,111)/t64?,65?,66?,79-,80-,81-,85?,86?,87?,94-,95-,96-,131?,132?/m1/s1. The fourth-order valence-electron chi connectivity index (χ4n) is 18.4. The third kappa shape index (κ3) is 17.7. The van der Waals surface area contributed by atoms with E-state index in [1.54, 1.807) is 49.4 Å². The quantitative estimate of drug-likeness (QED) is 0.0243. The molecule has 6 aromatic heterocycles. The number of methoxy groups -OCH3 is 3. The molecule has 0 aliphatic carbocycles. The molecular formula is C99H104N15O15P3. The molecule has 3 N–H and O–H groups in total. The highest BCUT2D eigenvalue weighted by Crippen LogP contribution is 2.57. The summed E-state index contributed by atoms with van der Waals surface area (Å²) in [6.45, 7) is 13.0. The van der Waals surface area contributed by atoms with Crippen molar-refractivity contribution in [2.24, 2.45) is 17.8 Å². The van der Waals surface area contributed by atoms with Gasteiger partial charge in [0.15, 0.2) is 70.8 Å². The lowest BCUT2D eigenvalue weighted by atomic mass is 9.77. The minimum atomic E-state index is -4.32. The molecule has 9 aromatic carbocycles. The van der Waals surface area contributed by atoms with E-state index in [1.165, 1.54) is 45.6 Å². The Morgan fingerprint density at radius 2 is 0.621 bits per heavy atom. The number of benzene rings is 9. The van der Waals surface area contributed by atoms with Crippen LogP contribution in [0.4, 0.5) is 17.5 Å². The minimum Gasteiger partial charge on any atom is -0.497 e. The number of imidazole rings is 3. The molecule has 0 radical (unpaired) electrons. The Labute approximate surface area is 765 Å². The molecule has 15 aromatic rings. The lowest BCUT2D eigenvalue weighted by Gasteiger charge is -2.37. The molecule has 680 valence electrons. The van der Waals surface area contributed by atoms with E-state index in [4.69, 9.17) is 101 Å². The van der Waals surface area contributed by atoms with Crippen LogP contribution in [-0.4, -0.2) is 170 Å². The fraction of sp³-hybridized carbons (Fsp3) is 0.303. The van der Waals surface area contributed by atoms with Gasteiger partial charge < -0.3 is 67.2 Å². The van der Waals surface area contributed by atoms with Gasteiger partial charge >= 0.3 is 15.2 Å². The van der Waals surface area contributed by atoms with Crippen molar-refractivity contribution in [3.8, 4) is 17.2 Å². The molecule has 8 unspecified atom stereocenters. The maximum atomic E-state index is 15.9. The number of ether oxygens (including phenoxy) is 7. The van der Waals surface area contributed by atoms with Crippen molar-refractivity contribution in [1.82, 2.24) is 58.6 Å². The minimum absolute atomic E-state index is 0.0897. The Bertz CT molecular complexity index is 6500. The van der Waals surface area contributed by atoms with Gasteiger partial charge in [0, 0.05) is 45.1 Å². The van der Waals surface area contributed by atoms with E-state index in [9.17, 15) is 4.57 Å². The van der Waals surface area contributed by atoms with Gasteiger partial charge in [-0.15, -0.1) is 0 Å². The van der Waals surface area contributed by atoms with Crippen LogP contribution in [0.15, 0.2) is 293 Å². The van der Waals surface area contributed by atoms with Crippen LogP contribution in [0.25, 0.3) is 33.5 Å². The van der Waals surface area contributed by atoms with Crippen molar-refractivity contribution < 1.29 is 69.5 Å². The lowest BCUT2D eigenvalue weighted by Crippen LogP contribution is -2.38. The summed E-state index contributed by atoms with van der Waals surface area (Å²) >= 11 is 0. The predicted molar refractivity (Wildman–Crippen MR) is 503 cm³/mol. The van der Waals surface area contributed by atoms with Crippen LogP contribution in [-0.2, 0) is 71.9 Å². The summed E-state index contributed by atoms with van der Waals surface area (Å²) in [5.41, 5.74) is 7.34. The number of nitrogens with one attached hydrogen (secondary N) is 3. The molecule has 0 amide bonds. The zero-order valence-corrected chi connectivity index (χ0v) is 77.5. The van der Waals surface area contributed by atoms with Crippen molar-refractivity contribution in [1.29, 1.82) is 0 Å². The van der Waals surface area contributed by atoms with Crippen molar-refractivity contribution in [2.45, 2.75) is 99.6 Å². The average Bonchev–Trinajstić information content (AvgIpc) is 0.889. The molecule has 3 aliphatic rings. The normalized spacial score (nSPS) is 21.6. The Morgan fingerprint density at radius 3 is 0.955 bits per heavy atom. The Morgan fingerprint density at radius 1 is 0.333 bits per heavy atom. The number of aromatic nitrogens is 12. The highest BCUT2D eigenvalue weighted by molar-refractivity contribution is 7.57. The summed E-state index contributed by atoms with van der Waals surface area (Å²) in [5.74, 6) is 2.30. The zero-order chi connectivity index (χ0) is 91.5. The Balaban J connectivity index is 0.658. The molecule has 0 bridgehead atoms. The van der Waals surface area contributed by atoms with Gasteiger partial charge in [-0.2, -0.15) is 0 Å². The summed E-state index contributed by atoms with van der Waals surface area (Å²) < 4.78 is 128. The lowest BCUT2D eigenvalue weighted by molar-refractivity contribution is -0.0609. The van der Waals surface area contributed by atoms with Crippen LogP contribution in [0.1, 0.15) is 96.4 Å². The molecule has 0 spiro atoms. The maximum absolute atomic E-state index is 15.9. The molecule has 33 heteroatoms. The summed E-state index contributed by atoms with van der Waals surface area (Å²) in [5, 5.41) is 11.6. The van der Waals surface area contributed by atoms with Gasteiger partial charge in [0.2, 0.25) is 0 Å². The van der Waals surface area contributed by atoms with Gasteiger partial charge in [-0.3, -0.25) is 31.9 Å². The van der Waals surface area contributed by atoms with Gasteiger partial charge in [0.05, 0.1) is 72.3 Å². The smallest absolute Gasteiger partial charge is 0.328 e. The van der Waals surface area contributed by atoms with Crippen LogP contribution in [0.3, 0.4) is 0 Å². The summed E-state index contributed by atoms with van der Waals surface area (Å²) in [6.07, 6.45) is 0.177. The van der Waals surface area contributed by atoms with E-state index in [-0.39, 0.29) is 37.3 Å². The van der Waals surface area contributed by atoms with Crippen LogP contribution >= 0.6 is 22.6 Å². The van der Waals surface area contributed by atoms with Crippen molar-refractivity contribution in [3.63, 3.8) is 0 Å². The van der Waals surface area contributed by atoms with Gasteiger partial charge in [-0.1, -0.05) is 239 Å². The molecule has 3 saturated heterocycles. The molecule has 3 fully saturated rings. The number of hydrogen-bond donors (Lipinski definition) is 3. The number of nitrogens with zero attached hydrogens (tertiary/aromatic N) is 12. The highest BCUT2D eigenvalue weighted by atomic mass is 31.2. The predicted octanol–water partition coefficient (Wildman–Crippen LogP) is 18.8. The maximum Gasteiger partial charge on any atom is 0.328 e. The topological polar surface area (TPSA) is 329 Å². The van der Waals surface area contributed by atoms with Crippen molar-refractivity contribution >= 4 is 73.5 Å². The summed E-state index contributed by atoms with van der Waals surface area (Å²) in [4.78, 5) is 44.4. The molecule has 0 saturated carbocycles. The average molecular weight is 1840 g/mol. The van der Waals surface area contributed by atoms with E-state index >= 15 is 9.13 Å². The van der Waals surface area contributed by atoms with Gasteiger partial charge in [0.1, 0.15) is 83.5 Å². The van der Waals surface area contributed by atoms with E-state index in [0.29, 0.717) is 62.5 Å². The molecule has 9 heterocycles. The van der Waals surface area contributed by atoms with Gasteiger partial charge in [-0.25, -0.2) is 44.9 Å². The number of hydrogen-bond acceptors (Lipinski definition) is 27. The highest BCUT2D eigenvalue weighted by Gasteiger charge is 2.54. The molecule has 30 nitrogen and oxygen atoms in total. The first-order chi connectivity index (χ1) is 64.0. The van der Waals surface area contributed by atoms with E-state index in [2.05, 4.69) is 103 Å². The van der Waals surface area contributed by atoms with Crippen LogP contribution in [0.5, 0.6) is 17.2 Å². The van der Waals surface area contributed by atoms with E-state index in [0.717, 1.165) is 50.1 Å². The molecular weight excluding hydrogens is 1730 g/mol. The third-order valence-corrected chi connectivity index (χ3v) is 28.5. The number of fused-ring (bicyclic) bond motifs is 3. The summed E-state index contributed by atoms with van der Waals surface area (Å²) in [7, 11) is -6.77. The van der Waals surface area contributed by atoms with E-state index < -0.39 is 107 Å². The second-order valence-corrected chi connectivity index (χ2v) is 40.4. The molecule has 14 atom stereocenters.